The van der Waals surface area contributed by atoms with Crippen LogP contribution in [0.4, 0.5) is 0 Å². The van der Waals surface area contributed by atoms with Crippen molar-refractivity contribution in [3.63, 3.8) is 0 Å². The molecule has 2 unspecified atom stereocenters. The van der Waals surface area contributed by atoms with Crippen molar-refractivity contribution in [2.24, 2.45) is 5.92 Å². The van der Waals surface area contributed by atoms with Gasteiger partial charge in [-0.3, -0.25) is 10.1 Å². The molecular formula is C14H18ClNO4. The Balaban J connectivity index is 3.18. The van der Waals surface area contributed by atoms with E-state index < -0.39 is 22.9 Å². The van der Waals surface area contributed by atoms with Crippen molar-refractivity contribution in [2.75, 3.05) is 6.61 Å². The van der Waals surface area contributed by atoms with Crippen LogP contribution in [0, 0.1) is 16.0 Å². The molecule has 6 heteroatoms. The predicted molar refractivity (Wildman–Crippen MR) is 76.4 cm³/mol. The number of hydrogen-bond acceptors (Lipinski definition) is 4. The summed E-state index contributed by atoms with van der Waals surface area (Å²) in [7, 11) is 0. The van der Waals surface area contributed by atoms with Gasteiger partial charge in [0.1, 0.15) is 0 Å². The standard InChI is InChI=1S/C14H18ClNO4/c1-4-20-14(17)13(16(18)19)12(9(2)3)10-5-7-11(15)8-6-10/h5-9,12-13H,4H2,1-3H3. The highest BCUT2D eigenvalue weighted by atomic mass is 35.5. The molecule has 0 fully saturated rings. The number of benzene rings is 1. The molecule has 0 aliphatic rings. The zero-order valence-electron chi connectivity index (χ0n) is 11.7. The van der Waals surface area contributed by atoms with Crippen molar-refractivity contribution in [3.8, 4) is 0 Å². The smallest absolute Gasteiger partial charge is 0.382 e. The monoisotopic (exact) mass is 299 g/mol. The molecule has 5 nitrogen and oxygen atoms in total. The topological polar surface area (TPSA) is 69.4 Å². The average Bonchev–Trinajstić information content (AvgIpc) is 2.36. The van der Waals surface area contributed by atoms with Gasteiger partial charge < -0.3 is 4.74 Å². The van der Waals surface area contributed by atoms with E-state index >= 15 is 0 Å². The van der Waals surface area contributed by atoms with E-state index in [-0.39, 0.29) is 12.5 Å². The molecule has 0 heterocycles. The van der Waals surface area contributed by atoms with E-state index in [0.717, 1.165) is 0 Å². The van der Waals surface area contributed by atoms with E-state index in [4.69, 9.17) is 16.3 Å². The Kier molecular flexibility index (Phi) is 5.95. The Morgan fingerprint density at radius 3 is 2.30 bits per heavy atom. The number of nitro groups is 1. The molecule has 110 valence electrons. The molecule has 0 amide bonds. The van der Waals surface area contributed by atoms with Crippen LogP contribution in [0.1, 0.15) is 32.3 Å². The van der Waals surface area contributed by atoms with Crippen molar-refractivity contribution in [1.82, 2.24) is 0 Å². The fourth-order valence-electron chi connectivity index (χ4n) is 2.21. The van der Waals surface area contributed by atoms with Crippen LogP contribution in [0.5, 0.6) is 0 Å². The number of carbonyl (C=O) groups excluding carboxylic acids is 1. The molecule has 0 bridgehead atoms. The third-order valence-electron chi connectivity index (χ3n) is 3.07. The highest BCUT2D eigenvalue weighted by Crippen LogP contribution is 2.31. The van der Waals surface area contributed by atoms with Gasteiger partial charge in [0.15, 0.2) is 0 Å². The molecule has 0 saturated carbocycles. The van der Waals surface area contributed by atoms with Gasteiger partial charge in [0.2, 0.25) is 0 Å². The van der Waals surface area contributed by atoms with Crippen LogP contribution in [0.3, 0.4) is 0 Å². The summed E-state index contributed by atoms with van der Waals surface area (Å²) in [4.78, 5) is 22.6. The van der Waals surface area contributed by atoms with E-state index in [2.05, 4.69) is 0 Å². The van der Waals surface area contributed by atoms with Gasteiger partial charge in [-0.1, -0.05) is 37.6 Å². The molecule has 1 aromatic rings. The second-order valence-electron chi connectivity index (χ2n) is 4.80. The number of halogens is 1. The highest BCUT2D eigenvalue weighted by Gasteiger charge is 2.42. The lowest BCUT2D eigenvalue weighted by Crippen LogP contribution is -2.39. The molecule has 0 aliphatic heterocycles. The maximum Gasteiger partial charge on any atom is 0.382 e. The number of carbonyl (C=O) groups is 1. The summed E-state index contributed by atoms with van der Waals surface area (Å²) < 4.78 is 4.84. The maximum atomic E-state index is 11.9. The lowest BCUT2D eigenvalue weighted by molar-refractivity contribution is -0.516. The van der Waals surface area contributed by atoms with E-state index in [9.17, 15) is 14.9 Å². The Morgan fingerprint density at radius 2 is 1.90 bits per heavy atom. The van der Waals surface area contributed by atoms with E-state index in [1.54, 1.807) is 31.2 Å². The summed E-state index contributed by atoms with van der Waals surface area (Å²) in [5, 5.41) is 11.8. The minimum Gasteiger partial charge on any atom is -0.461 e. The first kappa shape index (κ1) is 16.4. The normalized spacial score (nSPS) is 13.8. The summed E-state index contributed by atoms with van der Waals surface area (Å²) in [6.07, 6.45) is 0. The summed E-state index contributed by atoms with van der Waals surface area (Å²) in [6, 6.07) is 5.34. The zero-order chi connectivity index (χ0) is 15.3. The van der Waals surface area contributed by atoms with Crippen LogP contribution >= 0.6 is 11.6 Å². The van der Waals surface area contributed by atoms with Crippen molar-refractivity contribution < 1.29 is 14.5 Å². The first-order chi connectivity index (χ1) is 9.38. The van der Waals surface area contributed by atoms with Gasteiger partial charge in [-0.2, -0.15) is 0 Å². The number of hydrogen-bond donors (Lipinski definition) is 0. The Hall–Kier alpha value is -1.62. The molecular weight excluding hydrogens is 282 g/mol. The molecule has 1 rings (SSSR count). The lowest BCUT2D eigenvalue weighted by atomic mass is 9.82. The molecule has 0 spiro atoms. The molecule has 1 aromatic carbocycles. The average molecular weight is 300 g/mol. The minimum absolute atomic E-state index is 0.0871. The Labute approximate surface area is 123 Å². The van der Waals surface area contributed by atoms with Crippen LogP contribution in [0.25, 0.3) is 0 Å². The molecule has 0 N–H and O–H groups in total. The fourth-order valence-corrected chi connectivity index (χ4v) is 2.33. The molecule has 20 heavy (non-hydrogen) atoms. The highest BCUT2D eigenvalue weighted by molar-refractivity contribution is 6.30. The summed E-state index contributed by atoms with van der Waals surface area (Å²) in [5.74, 6) is -1.44. The molecule has 0 aromatic heterocycles. The lowest BCUT2D eigenvalue weighted by Gasteiger charge is -2.23. The van der Waals surface area contributed by atoms with Gasteiger partial charge in [-0.15, -0.1) is 0 Å². The summed E-state index contributed by atoms with van der Waals surface area (Å²) in [6.45, 7) is 5.43. The Morgan fingerprint density at radius 1 is 1.35 bits per heavy atom. The van der Waals surface area contributed by atoms with Gasteiger partial charge in [0.25, 0.3) is 0 Å². The SMILES string of the molecule is CCOC(=O)C(C(c1ccc(Cl)cc1)C(C)C)[N+](=O)[O-]. The van der Waals surface area contributed by atoms with Gasteiger partial charge in [-0.05, 0) is 30.5 Å². The Bertz CT molecular complexity index is 473. The van der Waals surface area contributed by atoms with E-state index in [1.165, 1.54) is 0 Å². The van der Waals surface area contributed by atoms with Crippen LogP contribution in [0.2, 0.25) is 5.02 Å². The summed E-state index contributed by atoms with van der Waals surface area (Å²) in [5.41, 5.74) is 0.708. The van der Waals surface area contributed by atoms with Crippen molar-refractivity contribution in [3.05, 3.63) is 45.0 Å². The second kappa shape index (κ2) is 7.24. The van der Waals surface area contributed by atoms with Crippen LogP contribution in [0.15, 0.2) is 24.3 Å². The first-order valence-electron chi connectivity index (χ1n) is 6.44. The maximum absolute atomic E-state index is 11.9. The van der Waals surface area contributed by atoms with Gasteiger partial charge in [0, 0.05) is 9.95 Å². The van der Waals surface area contributed by atoms with E-state index in [1.807, 2.05) is 13.8 Å². The van der Waals surface area contributed by atoms with Gasteiger partial charge in [-0.25, -0.2) is 4.79 Å². The predicted octanol–water partition coefficient (Wildman–Crippen LogP) is 3.29. The fraction of sp³-hybridized carbons (Fsp3) is 0.500. The van der Waals surface area contributed by atoms with E-state index in [0.29, 0.717) is 10.6 Å². The van der Waals surface area contributed by atoms with Crippen molar-refractivity contribution in [1.29, 1.82) is 0 Å². The third-order valence-corrected chi connectivity index (χ3v) is 3.32. The number of ether oxygens (including phenoxy) is 1. The zero-order valence-corrected chi connectivity index (χ0v) is 12.5. The van der Waals surface area contributed by atoms with Crippen LogP contribution in [-0.4, -0.2) is 23.5 Å². The molecule has 0 saturated heterocycles. The van der Waals surface area contributed by atoms with Gasteiger partial charge in [0.05, 0.1) is 12.5 Å². The molecule has 0 aliphatic carbocycles. The van der Waals surface area contributed by atoms with Crippen LogP contribution in [-0.2, 0) is 9.53 Å². The quantitative estimate of drug-likeness (QED) is 0.459. The summed E-state index contributed by atoms with van der Waals surface area (Å²) >= 11 is 5.82. The van der Waals surface area contributed by atoms with Crippen molar-refractivity contribution in [2.45, 2.75) is 32.7 Å². The molecule has 2 atom stereocenters. The van der Waals surface area contributed by atoms with Crippen molar-refractivity contribution >= 4 is 17.6 Å². The largest absolute Gasteiger partial charge is 0.461 e. The number of nitrogens with zero attached hydrogens (tertiary/aromatic N) is 1. The third kappa shape index (κ3) is 3.93. The number of rotatable bonds is 6. The number of esters is 1. The molecule has 0 radical (unpaired) electrons. The first-order valence-corrected chi connectivity index (χ1v) is 6.81. The second-order valence-corrected chi connectivity index (χ2v) is 5.24. The van der Waals surface area contributed by atoms with Crippen LogP contribution < -0.4 is 0 Å². The minimum atomic E-state index is -1.41. The van der Waals surface area contributed by atoms with Gasteiger partial charge >= 0.3 is 12.0 Å².